The van der Waals surface area contributed by atoms with Gasteiger partial charge in [-0.1, -0.05) is 12.1 Å². The lowest BCUT2D eigenvalue weighted by Gasteiger charge is -2.13. The van der Waals surface area contributed by atoms with Crippen LogP contribution in [0.5, 0.6) is 5.75 Å². The normalized spacial score (nSPS) is 20.7. The molecule has 0 aliphatic carbocycles. The molecule has 0 unspecified atom stereocenters. The topological polar surface area (TPSA) is 73.6 Å². The molecule has 1 heterocycles. The van der Waals surface area contributed by atoms with E-state index in [0.29, 0.717) is 19.7 Å². The van der Waals surface area contributed by atoms with E-state index in [1.165, 1.54) is 0 Å². The van der Waals surface area contributed by atoms with Gasteiger partial charge in [0.15, 0.2) is 0 Å². The van der Waals surface area contributed by atoms with Crippen LogP contribution in [-0.2, 0) is 9.53 Å². The molecule has 0 bridgehead atoms. The first-order valence-electron chi connectivity index (χ1n) is 7.01. The van der Waals surface area contributed by atoms with Crippen LogP contribution in [-0.4, -0.2) is 37.8 Å². The van der Waals surface area contributed by atoms with Gasteiger partial charge in [0.2, 0.25) is 5.91 Å². The van der Waals surface area contributed by atoms with Crippen molar-refractivity contribution in [2.75, 3.05) is 19.7 Å². The summed E-state index contributed by atoms with van der Waals surface area (Å²) in [6.07, 6.45) is 1.26. The van der Waals surface area contributed by atoms with E-state index in [4.69, 9.17) is 15.2 Å². The van der Waals surface area contributed by atoms with Gasteiger partial charge in [-0.25, -0.2) is 0 Å². The lowest BCUT2D eigenvalue weighted by Crippen LogP contribution is -2.37. The third-order valence-electron chi connectivity index (χ3n) is 3.32. The Hall–Kier alpha value is -1.30. The second-order valence-electron chi connectivity index (χ2n) is 5.02. The van der Waals surface area contributed by atoms with Gasteiger partial charge in [-0.05, 0) is 37.5 Å². The van der Waals surface area contributed by atoms with Crippen LogP contribution < -0.4 is 15.8 Å². The molecule has 0 saturated carbocycles. The summed E-state index contributed by atoms with van der Waals surface area (Å²) in [5, 5.41) is 2.82. The second-order valence-corrected chi connectivity index (χ2v) is 5.02. The van der Waals surface area contributed by atoms with E-state index < -0.39 is 0 Å². The highest BCUT2D eigenvalue weighted by Crippen LogP contribution is 2.18. The summed E-state index contributed by atoms with van der Waals surface area (Å²) in [5.41, 5.74) is 6.67. The van der Waals surface area contributed by atoms with Crippen molar-refractivity contribution in [1.29, 1.82) is 0 Å². The molecule has 1 amide bonds. The number of halogens is 1. The van der Waals surface area contributed by atoms with Gasteiger partial charge in [0, 0.05) is 6.54 Å². The Morgan fingerprint density at radius 2 is 2.29 bits per heavy atom. The van der Waals surface area contributed by atoms with E-state index in [1.54, 1.807) is 0 Å². The third kappa shape index (κ3) is 5.53. The minimum atomic E-state index is -0.359. The molecule has 2 atom stereocenters. The Kier molecular flexibility index (Phi) is 7.50. The average molecular weight is 315 g/mol. The number of rotatable bonds is 6. The molecule has 6 heteroatoms. The molecule has 1 saturated heterocycles. The number of carbonyl (C=O) groups is 1. The van der Waals surface area contributed by atoms with E-state index in [1.807, 2.05) is 31.2 Å². The minimum absolute atomic E-state index is 0. The monoisotopic (exact) mass is 314 g/mol. The third-order valence-corrected chi connectivity index (χ3v) is 3.32. The van der Waals surface area contributed by atoms with Gasteiger partial charge in [-0.2, -0.15) is 0 Å². The maximum absolute atomic E-state index is 11.8. The zero-order valence-corrected chi connectivity index (χ0v) is 13.0. The summed E-state index contributed by atoms with van der Waals surface area (Å²) in [6.45, 7) is 3.41. The molecule has 0 radical (unpaired) electrons. The number of benzene rings is 1. The van der Waals surface area contributed by atoms with Gasteiger partial charge in [0.05, 0.1) is 12.6 Å². The molecule has 1 aromatic rings. The van der Waals surface area contributed by atoms with Crippen molar-refractivity contribution in [2.45, 2.75) is 32.0 Å². The highest BCUT2D eigenvalue weighted by molar-refractivity contribution is 5.85. The number of amides is 1. The van der Waals surface area contributed by atoms with Crippen LogP contribution in [0.2, 0.25) is 0 Å². The Balaban J connectivity index is 0.00000220. The molecule has 5 nitrogen and oxygen atoms in total. The summed E-state index contributed by atoms with van der Waals surface area (Å²) in [4.78, 5) is 11.8. The molecule has 1 aliphatic heterocycles. The van der Waals surface area contributed by atoms with Gasteiger partial charge in [0.1, 0.15) is 18.5 Å². The number of hydrogen-bond donors (Lipinski definition) is 2. The van der Waals surface area contributed by atoms with Crippen LogP contribution in [0.4, 0.5) is 0 Å². The molecular formula is C15H23ClN2O3. The first-order chi connectivity index (χ1) is 9.69. The molecule has 1 fully saturated rings. The molecule has 0 spiro atoms. The molecule has 118 valence electrons. The standard InChI is InChI=1S/C15H22N2O3.ClH/c1-11-3-2-4-12(9-11)19-8-7-17-15(18)14-6-5-13(10-16)20-14;/h2-4,9,13-14H,5-8,10,16H2,1H3,(H,17,18);1H/t13-,14+;/m1./s1. The fourth-order valence-electron chi connectivity index (χ4n) is 2.23. The molecular weight excluding hydrogens is 292 g/mol. The van der Waals surface area contributed by atoms with E-state index in [-0.39, 0.29) is 30.5 Å². The second kappa shape index (κ2) is 8.87. The lowest BCUT2D eigenvalue weighted by molar-refractivity contribution is -0.131. The molecule has 1 aromatic carbocycles. The smallest absolute Gasteiger partial charge is 0.249 e. The minimum Gasteiger partial charge on any atom is -0.492 e. The van der Waals surface area contributed by atoms with Crippen molar-refractivity contribution < 1.29 is 14.3 Å². The quantitative estimate of drug-likeness (QED) is 0.779. The zero-order chi connectivity index (χ0) is 14.4. The Morgan fingerprint density at radius 1 is 1.48 bits per heavy atom. The number of hydrogen-bond acceptors (Lipinski definition) is 4. The summed E-state index contributed by atoms with van der Waals surface area (Å²) in [6, 6.07) is 7.83. The zero-order valence-electron chi connectivity index (χ0n) is 12.2. The van der Waals surface area contributed by atoms with Gasteiger partial charge in [-0.3, -0.25) is 4.79 Å². The Morgan fingerprint density at radius 3 is 2.95 bits per heavy atom. The highest BCUT2D eigenvalue weighted by Gasteiger charge is 2.29. The highest BCUT2D eigenvalue weighted by atomic mass is 35.5. The molecule has 3 N–H and O–H groups in total. The Bertz CT molecular complexity index is 456. The molecule has 0 aromatic heterocycles. The van der Waals surface area contributed by atoms with Gasteiger partial charge < -0.3 is 20.5 Å². The fraction of sp³-hybridized carbons (Fsp3) is 0.533. The van der Waals surface area contributed by atoms with Crippen LogP contribution in [0.1, 0.15) is 18.4 Å². The van der Waals surface area contributed by atoms with Crippen molar-refractivity contribution in [1.82, 2.24) is 5.32 Å². The predicted molar refractivity (Wildman–Crippen MR) is 83.9 cm³/mol. The van der Waals surface area contributed by atoms with E-state index in [9.17, 15) is 4.79 Å². The maximum atomic E-state index is 11.8. The summed E-state index contributed by atoms with van der Waals surface area (Å²) in [7, 11) is 0. The number of aryl methyl sites for hydroxylation is 1. The van der Waals surface area contributed by atoms with Crippen LogP contribution >= 0.6 is 12.4 Å². The van der Waals surface area contributed by atoms with Gasteiger partial charge in [0.25, 0.3) is 0 Å². The molecule has 1 aliphatic rings. The van der Waals surface area contributed by atoms with Crippen molar-refractivity contribution in [3.8, 4) is 5.75 Å². The predicted octanol–water partition coefficient (Wildman–Crippen LogP) is 1.42. The first kappa shape index (κ1) is 17.8. The summed E-state index contributed by atoms with van der Waals surface area (Å²) in [5.74, 6) is 0.744. The van der Waals surface area contributed by atoms with Crippen LogP contribution in [0.15, 0.2) is 24.3 Å². The summed E-state index contributed by atoms with van der Waals surface area (Å²) >= 11 is 0. The van der Waals surface area contributed by atoms with E-state index in [0.717, 1.165) is 24.2 Å². The van der Waals surface area contributed by atoms with Crippen molar-refractivity contribution in [3.63, 3.8) is 0 Å². The van der Waals surface area contributed by atoms with Gasteiger partial charge >= 0.3 is 0 Å². The van der Waals surface area contributed by atoms with E-state index in [2.05, 4.69) is 5.32 Å². The number of nitrogens with one attached hydrogen (secondary N) is 1. The number of ether oxygens (including phenoxy) is 2. The number of carbonyl (C=O) groups excluding carboxylic acids is 1. The SMILES string of the molecule is Cc1cccc(OCCNC(=O)[C@@H]2CC[C@H](CN)O2)c1.Cl. The molecule has 2 rings (SSSR count). The van der Waals surface area contributed by atoms with Crippen LogP contribution in [0, 0.1) is 6.92 Å². The van der Waals surface area contributed by atoms with Crippen molar-refractivity contribution >= 4 is 18.3 Å². The van der Waals surface area contributed by atoms with Crippen LogP contribution in [0.25, 0.3) is 0 Å². The maximum Gasteiger partial charge on any atom is 0.249 e. The average Bonchev–Trinajstić information content (AvgIpc) is 2.92. The lowest BCUT2D eigenvalue weighted by atomic mass is 10.2. The van der Waals surface area contributed by atoms with Gasteiger partial charge in [-0.15, -0.1) is 12.4 Å². The van der Waals surface area contributed by atoms with Crippen LogP contribution in [0.3, 0.4) is 0 Å². The van der Waals surface area contributed by atoms with Crippen molar-refractivity contribution in [3.05, 3.63) is 29.8 Å². The van der Waals surface area contributed by atoms with E-state index >= 15 is 0 Å². The molecule has 21 heavy (non-hydrogen) atoms. The Labute approximate surface area is 131 Å². The number of nitrogens with two attached hydrogens (primary N) is 1. The largest absolute Gasteiger partial charge is 0.492 e. The fourth-order valence-corrected chi connectivity index (χ4v) is 2.23. The summed E-state index contributed by atoms with van der Waals surface area (Å²) < 4.78 is 11.1. The first-order valence-corrected chi connectivity index (χ1v) is 7.01. The van der Waals surface area contributed by atoms with Crippen molar-refractivity contribution in [2.24, 2.45) is 5.73 Å².